The van der Waals surface area contributed by atoms with E-state index in [1.165, 1.54) is 4.68 Å². The largest absolute Gasteiger partial charge is 0.506 e. The molecule has 2 N–H and O–H groups in total. The van der Waals surface area contributed by atoms with Crippen molar-refractivity contribution >= 4 is 0 Å². The molecule has 1 saturated heterocycles. The van der Waals surface area contributed by atoms with Gasteiger partial charge in [0, 0.05) is 36.1 Å². The van der Waals surface area contributed by atoms with Crippen LogP contribution in [0.5, 0.6) is 11.6 Å². The van der Waals surface area contributed by atoms with Crippen LogP contribution >= 0.6 is 0 Å². The van der Waals surface area contributed by atoms with E-state index in [1.54, 1.807) is 36.8 Å². The quantitative estimate of drug-likeness (QED) is 0.693. The normalized spacial score (nSPS) is 18.5. The molecular formula is C20H25N7O2. The van der Waals surface area contributed by atoms with E-state index >= 15 is 0 Å². The summed E-state index contributed by atoms with van der Waals surface area (Å²) in [5, 5.41) is 30.0. The Labute approximate surface area is 169 Å². The van der Waals surface area contributed by atoms with Gasteiger partial charge >= 0.3 is 0 Å². The molecule has 0 unspecified atom stereocenters. The standard InChI is InChI=1S/C20H25N7O2/c1-19(2)10-14(11-20(3,4)25-19)29-17-6-5-15(23-24-17)18-16(28)9-13(12-21-18)27-8-7-22-26-27/h5-9,12,14,25,28H,10-11H2,1-4H3. The first-order chi connectivity index (χ1) is 13.7. The van der Waals surface area contributed by atoms with Crippen molar-refractivity contribution in [2.24, 2.45) is 0 Å². The van der Waals surface area contributed by atoms with Crippen LogP contribution in [-0.2, 0) is 0 Å². The number of aromatic nitrogens is 6. The van der Waals surface area contributed by atoms with Gasteiger partial charge in [-0.2, -0.15) is 0 Å². The van der Waals surface area contributed by atoms with Crippen molar-refractivity contribution in [1.29, 1.82) is 0 Å². The van der Waals surface area contributed by atoms with Gasteiger partial charge in [0.2, 0.25) is 5.88 Å². The third kappa shape index (κ3) is 4.34. The summed E-state index contributed by atoms with van der Waals surface area (Å²) < 4.78 is 7.62. The Morgan fingerprint density at radius 3 is 2.48 bits per heavy atom. The van der Waals surface area contributed by atoms with Gasteiger partial charge in [0.05, 0.1) is 24.3 Å². The van der Waals surface area contributed by atoms with Gasteiger partial charge in [-0.3, -0.25) is 0 Å². The second-order valence-corrected chi connectivity index (χ2v) is 8.71. The molecule has 0 radical (unpaired) electrons. The maximum Gasteiger partial charge on any atom is 0.233 e. The van der Waals surface area contributed by atoms with Crippen LogP contribution in [0.1, 0.15) is 40.5 Å². The Bertz CT molecular complexity index is 969. The van der Waals surface area contributed by atoms with Crippen LogP contribution < -0.4 is 10.1 Å². The minimum atomic E-state index is -0.0126. The molecule has 3 aromatic heterocycles. The lowest BCUT2D eigenvalue weighted by atomic mass is 9.81. The molecule has 0 aromatic carbocycles. The van der Waals surface area contributed by atoms with Crippen LogP contribution in [0.25, 0.3) is 17.1 Å². The molecule has 9 nitrogen and oxygen atoms in total. The number of ether oxygens (including phenoxy) is 1. The molecule has 0 amide bonds. The summed E-state index contributed by atoms with van der Waals surface area (Å²) in [6, 6.07) is 5.07. The van der Waals surface area contributed by atoms with Crippen molar-refractivity contribution in [2.75, 3.05) is 0 Å². The summed E-state index contributed by atoms with van der Waals surface area (Å²) >= 11 is 0. The van der Waals surface area contributed by atoms with Gasteiger partial charge in [-0.25, -0.2) is 9.67 Å². The zero-order chi connectivity index (χ0) is 20.6. The van der Waals surface area contributed by atoms with Crippen molar-refractivity contribution in [3.05, 3.63) is 36.8 Å². The van der Waals surface area contributed by atoms with Crippen molar-refractivity contribution < 1.29 is 9.84 Å². The van der Waals surface area contributed by atoms with E-state index in [0.717, 1.165) is 12.8 Å². The molecule has 0 atom stereocenters. The molecule has 1 aliphatic rings. The number of nitrogens with zero attached hydrogens (tertiary/aromatic N) is 6. The molecule has 29 heavy (non-hydrogen) atoms. The third-order valence-electron chi connectivity index (χ3n) is 4.86. The van der Waals surface area contributed by atoms with Gasteiger partial charge in [0.25, 0.3) is 0 Å². The summed E-state index contributed by atoms with van der Waals surface area (Å²) in [6.07, 6.45) is 6.63. The molecule has 4 heterocycles. The molecule has 0 bridgehead atoms. The average molecular weight is 395 g/mol. The number of hydrogen-bond donors (Lipinski definition) is 2. The maximum atomic E-state index is 10.4. The molecule has 4 rings (SSSR count). The summed E-state index contributed by atoms with van der Waals surface area (Å²) in [5.74, 6) is 0.453. The third-order valence-corrected chi connectivity index (χ3v) is 4.86. The van der Waals surface area contributed by atoms with Crippen molar-refractivity contribution in [3.8, 4) is 28.7 Å². The van der Waals surface area contributed by atoms with E-state index < -0.39 is 0 Å². The Kier molecular flexibility index (Phi) is 4.70. The first-order valence-corrected chi connectivity index (χ1v) is 9.57. The lowest BCUT2D eigenvalue weighted by Gasteiger charge is -2.46. The van der Waals surface area contributed by atoms with Crippen LogP contribution in [0.15, 0.2) is 36.8 Å². The molecule has 9 heteroatoms. The van der Waals surface area contributed by atoms with E-state index in [1.807, 2.05) is 0 Å². The Hall–Kier alpha value is -3.07. The molecule has 1 fully saturated rings. The van der Waals surface area contributed by atoms with E-state index in [-0.39, 0.29) is 22.9 Å². The van der Waals surface area contributed by atoms with Gasteiger partial charge in [-0.1, -0.05) is 5.21 Å². The van der Waals surface area contributed by atoms with E-state index in [0.29, 0.717) is 23.0 Å². The highest BCUT2D eigenvalue weighted by atomic mass is 16.5. The Morgan fingerprint density at radius 2 is 1.90 bits per heavy atom. The van der Waals surface area contributed by atoms with Crippen molar-refractivity contribution in [3.63, 3.8) is 0 Å². The molecule has 3 aromatic rings. The highest BCUT2D eigenvalue weighted by Gasteiger charge is 2.38. The summed E-state index contributed by atoms with van der Waals surface area (Å²) in [7, 11) is 0. The first-order valence-electron chi connectivity index (χ1n) is 9.57. The number of aromatic hydroxyl groups is 1. The van der Waals surface area contributed by atoms with Crippen LogP contribution in [-0.4, -0.2) is 52.5 Å². The smallest absolute Gasteiger partial charge is 0.233 e. The number of rotatable bonds is 4. The van der Waals surface area contributed by atoms with Crippen molar-refractivity contribution in [1.82, 2.24) is 35.5 Å². The number of pyridine rings is 1. The van der Waals surface area contributed by atoms with Crippen molar-refractivity contribution in [2.45, 2.75) is 57.7 Å². The fraction of sp³-hybridized carbons (Fsp3) is 0.450. The van der Waals surface area contributed by atoms with E-state index in [2.05, 4.69) is 58.5 Å². The van der Waals surface area contributed by atoms with Gasteiger partial charge in [-0.05, 0) is 33.8 Å². The van der Waals surface area contributed by atoms with Gasteiger partial charge in [-0.15, -0.1) is 15.3 Å². The lowest BCUT2D eigenvalue weighted by Crippen LogP contribution is -2.60. The lowest BCUT2D eigenvalue weighted by molar-refractivity contribution is 0.0524. The first kappa shape index (κ1) is 19.3. The van der Waals surface area contributed by atoms with E-state index in [4.69, 9.17) is 4.74 Å². The van der Waals surface area contributed by atoms with Crippen LogP contribution in [0.2, 0.25) is 0 Å². The van der Waals surface area contributed by atoms with E-state index in [9.17, 15) is 5.11 Å². The maximum absolute atomic E-state index is 10.4. The topological polar surface area (TPSA) is 111 Å². The Balaban J connectivity index is 1.50. The second kappa shape index (κ2) is 7.07. The monoisotopic (exact) mass is 395 g/mol. The number of nitrogens with one attached hydrogen (secondary N) is 1. The molecule has 0 aliphatic carbocycles. The van der Waals surface area contributed by atoms with Crippen LogP contribution in [0, 0.1) is 0 Å². The highest BCUT2D eigenvalue weighted by Crippen LogP contribution is 2.31. The zero-order valence-corrected chi connectivity index (χ0v) is 17.0. The van der Waals surface area contributed by atoms with Crippen LogP contribution in [0.4, 0.5) is 0 Å². The SMILES string of the molecule is CC1(C)CC(Oc2ccc(-c3ncc(-n4ccnn4)cc3O)nn2)CC(C)(C)N1. The predicted molar refractivity (Wildman–Crippen MR) is 107 cm³/mol. The minimum Gasteiger partial charge on any atom is -0.506 e. The Morgan fingerprint density at radius 1 is 1.14 bits per heavy atom. The summed E-state index contributed by atoms with van der Waals surface area (Å²) in [5.41, 5.74) is 1.39. The zero-order valence-electron chi connectivity index (χ0n) is 17.0. The highest BCUT2D eigenvalue weighted by molar-refractivity contribution is 5.63. The van der Waals surface area contributed by atoms with Crippen LogP contribution in [0.3, 0.4) is 0 Å². The summed E-state index contributed by atoms with van der Waals surface area (Å²) in [4.78, 5) is 4.30. The van der Waals surface area contributed by atoms with Gasteiger partial charge in [0.15, 0.2) is 0 Å². The fourth-order valence-electron chi connectivity index (χ4n) is 4.10. The molecule has 152 valence electrons. The molecule has 0 saturated carbocycles. The fourth-order valence-corrected chi connectivity index (χ4v) is 4.10. The van der Waals surface area contributed by atoms with Gasteiger partial charge in [0.1, 0.15) is 23.2 Å². The second-order valence-electron chi connectivity index (χ2n) is 8.71. The average Bonchev–Trinajstić information content (AvgIpc) is 3.14. The van der Waals surface area contributed by atoms with Gasteiger partial charge < -0.3 is 15.2 Å². The number of piperidine rings is 1. The summed E-state index contributed by atoms with van der Waals surface area (Å²) in [6.45, 7) is 8.71. The predicted octanol–water partition coefficient (Wildman–Crippen LogP) is 2.51. The molecule has 1 aliphatic heterocycles. The molecular weight excluding hydrogens is 370 g/mol. The molecule has 0 spiro atoms. The minimum absolute atomic E-state index is 0.0113. The number of hydrogen-bond acceptors (Lipinski definition) is 8.